The first kappa shape index (κ1) is 20.2. The summed E-state index contributed by atoms with van der Waals surface area (Å²) in [6, 6.07) is 5.38. The molecule has 1 aromatic carbocycles. The lowest BCUT2D eigenvalue weighted by molar-refractivity contribution is -0.124. The molecule has 150 valence electrons. The first-order valence-corrected chi connectivity index (χ1v) is 10.4. The van der Waals surface area contributed by atoms with Crippen molar-refractivity contribution < 1.29 is 9.90 Å². The SMILES string of the molecule is CC1CC(C)CN(CC(NC(=O)[C@H]2Cc3ccc(O)cc3CN2)C(C)C)C1. The summed E-state index contributed by atoms with van der Waals surface area (Å²) in [6.45, 7) is 12.8. The highest BCUT2D eigenvalue weighted by atomic mass is 16.3. The average molecular weight is 374 g/mol. The topological polar surface area (TPSA) is 64.6 Å². The molecule has 5 nitrogen and oxygen atoms in total. The molecule has 0 aliphatic carbocycles. The van der Waals surface area contributed by atoms with Gasteiger partial charge in [-0.25, -0.2) is 0 Å². The largest absolute Gasteiger partial charge is 0.508 e. The van der Waals surface area contributed by atoms with Crippen molar-refractivity contribution in [1.82, 2.24) is 15.5 Å². The van der Waals surface area contributed by atoms with E-state index in [1.165, 1.54) is 6.42 Å². The second kappa shape index (κ2) is 8.61. The van der Waals surface area contributed by atoms with Crippen LogP contribution < -0.4 is 10.6 Å². The van der Waals surface area contributed by atoms with Crippen LogP contribution in [0.15, 0.2) is 18.2 Å². The fourth-order valence-electron chi connectivity index (χ4n) is 4.61. The number of aromatic hydroxyl groups is 1. The predicted molar refractivity (Wildman–Crippen MR) is 109 cm³/mol. The third-order valence-corrected chi connectivity index (χ3v) is 6.00. The van der Waals surface area contributed by atoms with Crippen molar-refractivity contribution in [1.29, 1.82) is 0 Å². The molecule has 0 aromatic heterocycles. The van der Waals surface area contributed by atoms with Crippen molar-refractivity contribution in [3.63, 3.8) is 0 Å². The fourth-order valence-corrected chi connectivity index (χ4v) is 4.61. The molecule has 0 bridgehead atoms. The number of nitrogens with zero attached hydrogens (tertiary/aromatic N) is 1. The Morgan fingerprint density at radius 1 is 1.26 bits per heavy atom. The van der Waals surface area contributed by atoms with Crippen LogP contribution in [0.1, 0.15) is 45.2 Å². The zero-order valence-electron chi connectivity index (χ0n) is 17.2. The Balaban J connectivity index is 1.59. The van der Waals surface area contributed by atoms with Crippen LogP contribution in [-0.2, 0) is 17.8 Å². The Morgan fingerprint density at radius 2 is 1.96 bits per heavy atom. The Kier molecular flexibility index (Phi) is 6.43. The standard InChI is InChI=1S/C22H35N3O2/c1-14(2)21(13-25-11-15(3)7-16(4)12-25)24-22(27)20-9-17-5-6-19(26)8-18(17)10-23-20/h5-6,8,14-16,20-21,23,26H,7,9-13H2,1-4H3,(H,24,27)/t15?,16?,20-,21?/m1/s1. The number of amides is 1. The monoisotopic (exact) mass is 373 g/mol. The molecule has 27 heavy (non-hydrogen) atoms. The zero-order chi connectivity index (χ0) is 19.6. The molecule has 0 spiro atoms. The molecule has 1 fully saturated rings. The van der Waals surface area contributed by atoms with Gasteiger partial charge in [0.05, 0.1) is 6.04 Å². The van der Waals surface area contributed by atoms with Gasteiger partial charge in [-0.1, -0.05) is 33.8 Å². The minimum absolute atomic E-state index is 0.0885. The van der Waals surface area contributed by atoms with Gasteiger partial charge in [0, 0.05) is 32.2 Å². The van der Waals surface area contributed by atoms with E-state index in [1.807, 2.05) is 6.07 Å². The van der Waals surface area contributed by atoms with Gasteiger partial charge in [-0.15, -0.1) is 0 Å². The molecular formula is C22H35N3O2. The Bertz CT molecular complexity index is 651. The van der Waals surface area contributed by atoms with Crippen LogP contribution in [-0.4, -0.2) is 47.6 Å². The van der Waals surface area contributed by atoms with Gasteiger partial charge in [-0.3, -0.25) is 4.79 Å². The minimum atomic E-state index is -0.206. The quantitative estimate of drug-likeness (QED) is 0.742. The number of hydrogen-bond acceptors (Lipinski definition) is 4. The maximum Gasteiger partial charge on any atom is 0.237 e. The molecule has 4 atom stereocenters. The number of phenols is 1. The highest BCUT2D eigenvalue weighted by Gasteiger charge is 2.29. The zero-order valence-corrected chi connectivity index (χ0v) is 17.2. The van der Waals surface area contributed by atoms with E-state index < -0.39 is 0 Å². The molecular weight excluding hydrogens is 338 g/mol. The van der Waals surface area contributed by atoms with Gasteiger partial charge in [0.1, 0.15) is 5.75 Å². The van der Waals surface area contributed by atoms with Gasteiger partial charge in [-0.05, 0) is 53.9 Å². The normalized spacial score (nSPS) is 27.2. The van der Waals surface area contributed by atoms with E-state index >= 15 is 0 Å². The van der Waals surface area contributed by atoms with E-state index in [0.29, 0.717) is 18.9 Å². The molecule has 3 N–H and O–H groups in total. The summed E-state index contributed by atoms with van der Waals surface area (Å²) >= 11 is 0. The van der Waals surface area contributed by atoms with E-state index in [1.54, 1.807) is 12.1 Å². The number of benzene rings is 1. The summed E-state index contributed by atoms with van der Waals surface area (Å²) in [6.07, 6.45) is 1.97. The van der Waals surface area contributed by atoms with E-state index in [2.05, 4.69) is 43.2 Å². The molecule has 2 heterocycles. The number of phenolic OH excluding ortho intramolecular Hbond substituents is 1. The van der Waals surface area contributed by atoms with Gasteiger partial charge in [0.25, 0.3) is 0 Å². The number of fused-ring (bicyclic) bond motifs is 1. The van der Waals surface area contributed by atoms with Crippen molar-refractivity contribution in [3.05, 3.63) is 29.3 Å². The molecule has 5 heteroatoms. The summed E-state index contributed by atoms with van der Waals surface area (Å²) in [5.41, 5.74) is 2.22. The van der Waals surface area contributed by atoms with Crippen LogP contribution in [0, 0.1) is 17.8 Å². The second-order valence-electron chi connectivity index (χ2n) is 9.11. The summed E-state index contributed by atoms with van der Waals surface area (Å²) < 4.78 is 0. The lowest BCUT2D eigenvalue weighted by Crippen LogP contribution is -2.55. The molecule has 0 radical (unpaired) electrons. The number of piperidine rings is 1. The smallest absolute Gasteiger partial charge is 0.237 e. The molecule has 3 rings (SSSR count). The van der Waals surface area contributed by atoms with Crippen molar-refractivity contribution in [2.45, 2.75) is 59.2 Å². The van der Waals surface area contributed by atoms with Gasteiger partial charge >= 0.3 is 0 Å². The first-order valence-electron chi connectivity index (χ1n) is 10.4. The van der Waals surface area contributed by atoms with Gasteiger partial charge in [0.15, 0.2) is 0 Å². The maximum absolute atomic E-state index is 12.9. The molecule has 1 amide bonds. The summed E-state index contributed by atoms with van der Waals surface area (Å²) in [5.74, 6) is 2.22. The molecule has 3 unspecified atom stereocenters. The molecule has 1 saturated heterocycles. The van der Waals surface area contributed by atoms with Crippen molar-refractivity contribution >= 4 is 5.91 Å². The molecule has 0 saturated carbocycles. The van der Waals surface area contributed by atoms with E-state index in [9.17, 15) is 9.90 Å². The van der Waals surface area contributed by atoms with Crippen LogP contribution in [0.3, 0.4) is 0 Å². The summed E-state index contributed by atoms with van der Waals surface area (Å²) in [5, 5.41) is 16.3. The summed E-state index contributed by atoms with van der Waals surface area (Å²) in [7, 11) is 0. The Labute approximate surface area is 163 Å². The highest BCUT2D eigenvalue weighted by molar-refractivity contribution is 5.82. The average Bonchev–Trinajstić information content (AvgIpc) is 2.59. The lowest BCUT2D eigenvalue weighted by Gasteiger charge is -2.38. The van der Waals surface area contributed by atoms with Gasteiger partial charge < -0.3 is 20.6 Å². The molecule has 2 aliphatic rings. The van der Waals surface area contributed by atoms with Crippen LogP contribution >= 0.6 is 0 Å². The number of carbonyl (C=O) groups is 1. The predicted octanol–water partition coefficient (Wildman–Crippen LogP) is 2.53. The van der Waals surface area contributed by atoms with E-state index in [0.717, 1.165) is 42.6 Å². The number of carbonyl (C=O) groups excluding carboxylic acids is 1. The van der Waals surface area contributed by atoms with Gasteiger partial charge in [-0.2, -0.15) is 0 Å². The van der Waals surface area contributed by atoms with Crippen molar-refractivity contribution in [3.8, 4) is 5.75 Å². The van der Waals surface area contributed by atoms with Crippen LogP contribution in [0.2, 0.25) is 0 Å². The Morgan fingerprint density at radius 3 is 2.63 bits per heavy atom. The number of hydrogen-bond donors (Lipinski definition) is 3. The van der Waals surface area contributed by atoms with E-state index in [4.69, 9.17) is 0 Å². The second-order valence-corrected chi connectivity index (χ2v) is 9.11. The van der Waals surface area contributed by atoms with Gasteiger partial charge in [0.2, 0.25) is 5.91 Å². The van der Waals surface area contributed by atoms with Crippen molar-refractivity contribution in [2.24, 2.45) is 17.8 Å². The number of rotatable bonds is 5. The third-order valence-electron chi connectivity index (χ3n) is 6.00. The number of nitrogens with one attached hydrogen (secondary N) is 2. The summed E-state index contributed by atoms with van der Waals surface area (Å²) in [4.78, 5) is 15.4. The Hall–Kier alpha value is -1.59. The van der Waals surface area contributed by atoms with Crippen LogP contribution in [0.5, 0.6) is 5.75 Å². The first-order chi connectivity index (χ1) is 12.8. The molecule has 2 aliphatic heterocycles. The lowest BCUT2D eigenvalue weighted by atomic mass is 9.90. The highest BCUT2D eigenvalue weighted by Crippen LogP contribution is 2.23. The van der Waals surface area contributed by atoms with Crippen molar-refractivity contribution in [2.75, 3.05) is 19.6 Å². The third kappa shape index (κ3) is 5.23. The number of likely N-dealkylation sites (tertiary alicyclic amines) is 1. The van der Waals surface area contributed by atoms with Crippen LogP contribution in [0.25, 0.3) is 0 Å². The minimum Gasteiger partial charge on any atom is -0.508 e. The molecule has 1 aromatic rings. The van der Waals surface area contributed by atoms with E-state index in [-0.39, 0.29) is 23.7 Å². The maximum atomic E-state index is 12.9. The fraction of sp³-hybridized carbons (Fsp3) is 0.682. The van der Waals surface area contributed by atoms with Crippen LogP contribution in [0.4, 0.5) is 0 Å².